The van der Waals surface area contributed by atoms with E-state index >= 15 is 0 Å². The van der Waals surface area contributed by atoms with Gasteiger partial charge in [0.15, 0.2) is 0 Å². The van der Waals surface area contributed by atoms with Crippen molar-refractivity contribution in [3.8, 4) is 5.75 Å². The molecule has 0 radical (unpaired) electrons. The number of hydrogen-bond acceptors (Lipinski definition) is 4. The Labute approximate surface area is 161 Å². The van der Waals surface area contributed by atoms with E-state index in [1.807, 2.05) is 39.0 Å². The third kappa shape index (κ3) is 5.30. The Bertz CT molecular complexity index is 931. The Morgan fingerprint density at radius 2 is 1.78 bits per heavy atom. The van der Waals surface area contributed by atoms with Gasteiger partial charge in [-0.1, -0.05) is 39.0 Å². The highest BCUT2D eigenvalue weighted by Crippen LogP contribution is 2.29. The van der Waals surface area contributed by atoms with Crippen LogP contribution in [0.15, 0.2) is 47.4 Å². The summed E-state index contributed by atoms with van der Waals surface area (Å²) in [6, 6.07) is 12.0. The van der Waals surface area contributed by atoms with Gasteiger partial charge >= 0.3 is 0 Å². The zero-order valence-corrected chi connectivity index (χ0v) is 17.1. The number of hydrogen-bond donors (Lipinski definition) is 2. The molecule has 7 heteroatoms. The Balaban J connectivity index is 2.08. The summed E-state index contributed by atoms with van der Waals surface area (Å²) in [5, 5.41) is 2.78. The molecule has 0 aliphatic heterocycles. The fourth-order valence-electron chi connectivity index (χ4n) is 2.70. The Hall–Kier alpha value is -2.38. The summed E-state index contributed by atoms with van der Waals surface area (Å²) in [7, 11) is -2.28. The van der Waals surface area contributed by atoms with E-state index in [9.17, 15) is 13.2 Å². The third-order valence-corrected chi connectivity index (χ3v) is 5.51. The highest BCUT2D eigenvalue weighted by molar-refractivity contribution is 7.89. The number of anilines is 1. The van der Waals surface area contributed by atoms with Gasteiger partial charge in [-0.25, -0.2) is 13.1 Å². The molecule has 0 saturated carbocycles. The van der Waals surface area contributed by atoms with Crippen molar-refractivity contribution in [1.82, 2.24) is 4.72 Å². The van der Waals surface area contributed by atoms with Crippen LogP contribution >= 0.6 is 0 Å². The highest BCUT2D eigenvalue weighted by atomic mass is 32.2. The molecular formula is C20H26N2O4S. The minimum Gasteiger partial charge on any atom is -0.496 e. The fourth-order valence-corrected chi connectivity index (χ4v) is 3.77. The second-order valence-corrected chi connectivity index (χ2v) is 9.07. The van der Waals surface area contributed by atoms with E-state index in [1.54, 1.807) is 19.1 Å². The monoisotopic (exact) mass is 390 g/mol. The van der Waals surface area contributed by atoms with Crippen molar-refractivity contribution >= 4 is 21.6 Å². The van der Waals surface area contributed by atoms with Gasteiger partial charge in [0, 0.05) is 5.69 Å². The summed E-state index contributed by atoms with van der Waals surface area (Å²) in [4.78, 5) is 12.4. The van der Waals surface area contributed by atoms with Gasteiger partial charge in [-0.2, -0.15) is 0 Å². The van der Waals surface area contributed by atoms with Crippen LogP contribution in [-0.2, 0) is 20.2 Å². The number of sulfonamides is 1. The van der Waals surface area contributed by atoms with Crippen LogP contribution in [0.4, 0.5) is 5.69 Å². The average Bonchev–Trinajstić information content (AvgIpc) is 2.59. The van der Waals surface area contributed by atoms with Gasteiger partial charge in [0.25, 0.3) is 0 Å². The second-order valence-electron chi connectivity index (χ2n) is 7.30. The lowest BCUT2D eigenvalue weighted by Gasteiger charge is -2.23. The van der Waals surface area contributed by atoms with Gasteiger partial charge in [0.2, 0.25) is 15.9 Å². The standard InChI is InChI=1S/C20H26N2O4S/c1-14-12-15(10-11-18(14)26-5)27(24,25)21-13-19(23)22-17-9-7-6-8-16(17)20(2,3)4/h6-12,21H,13H2,1-5H3,(H,22,23). The van der Waals surface area contributed by atoms with Crippen molar-refractivity contribution in [3.05, 3.63) is 53.6 Å². The average molecular weight is 391 g/mol. The summed E-state index contributed by atoms with van der Waals surface area (Å²) in [5.41, 5.74) is 2.20. The van der Waals surface area contributed by atoms with Crippen LogP contribution in [-0.4, -0.2) is 28.0 Å². The predicted molar refractivity (Wildman–Crippen MR) is 107 cm³/mol. The molecule has 0 heterocycles. The summed E-state index contributed by atoms with van der Waals surface area (Å²) in [6.07, 6.45) is 0. The maximum Gasteiger partial charge on any atom is 0.241 e. The molecule has 0 aromatic heterocycles. The lowest BCUT2D eigenvalue weighted by molar-refractivity contribution is -0.115. The van der Waals surface area contributed by atoms with Crippen LogP contribution in [0.1, 0.15) is 31.9 Å². The molecule has 0 fully saturated rings. The van der Waals surface area contributed by atoms with Crippen molar-refractivity contribution in [2.75, 3.05) is 19.0 Å². The van der Waals surface area contributed by atoms with Crippen LogP contribution in [0.2, 0.25) is 0 Å². The minimum atomic E-state index is -3.80. The number of amides is 1. The van der Waals surface area contributed by atoms with Crippen molar-refractivity contribution in [2.24, 2.45) is 0 Å². The number of carbonyl (C=O) groups is 1. The van der Waals surface area contributed by atoms with Crippen LogP contribution in [0.3, 0.4) is 0 Å². The number of nitrogens with one attached hydrogen (secondary N) is 2. The van der Waals surface area contributed by atoms with E-state index in [2.05, 4.69) is 10.0 Å². The molecule has 0 bridgehead atoms. The quantitative estimate of drug-likeness (QED) is 0.793. The molecule has 0 spiro atoms. The second kappa shape index (κ2) is 8.10. The molecule has 2 aromatic rings. The van der Waals surface area contributed by atoms with E-state index in [1.165, 1.54) is 19.2 Å². The van der Waals surface area contributed by atoms with E-state index in [-0.39, 0.29) is 16.9 Å². The summed E-state index contributed by atoms with van der Waals surface area (Å²) < 4.78 is 32.3. The number of aryl methyl sites for hydroxylation is 1. The van der Waals surface area contributed by atoms with Gasteiger partial charge in [-0.3, -0.25) is 4.79 Å². The lowest BCUT2D eigenvalue weighted by Crippen LogP contribution is -2.33. The van der Waals surface area contributed by atoms with Crippen molar-refractivity contribution in [1.29, 1.82) is 0 Å². The van der Waals surface area contributed by atoms with Gasteiger partial charge in [0.1, 0.15) is 5.75 Å². The Morgan fingerprint density at radius 3 is 2.37 bits per heavy atom. The first-order valence-corrected chi connectivity index (χ1v) is 10.1. The number of benzene rings is 2. The molecule has 2 aromatic carbocycles. The first kappa shape index (κ1) is 20.9. The first-order valence-electron chi connectivity index (χ1n) is 8.58. The molecule has 146 valence electrons. The molecule has 27 heavy (non-hydrogen) atoms. The van der Waals surface area contributed by atoms with Crippen LogP contribution in [0, 0.1) is 6.92 Å². The van der Waals surface area contributed by atoms with Crippen molar-refractivity contribution < 1.29 is 17.9 Å². The molecule has 1 amide bonds. The molecule has 0 aliphatic carbocycles. The van der Waals surface area contributed by atoms with E-state index in [0.29, 0.717) is 17.0 Å². The number of ether oxygens (including phenoxy) is 1. The molecule has 0 atom stereocenters. The maximum atomic E-state index is 12.4. The van der Waals surface area contributed by atoms with Crippen LogP contribution in [0.5, 0.6) is 5.75 Å². The first-order chi connectivity index (χ1) is 12.5. The Morgan fingerprint density at radius 1 is 1.11 bits per heavy atom. The van der Waals surface area contributed by atoms with Crippen molar-refractivity contribution in [2.45, 2.75) is 38.0 Å². The smallest absolute Gasteiger partial charge is 0.241 e. The maximum absolute atomic E-state index is 12.4. The zero-order chi connectivity index (χ0) is 20.2. The molecule has 6 nitrogen and oxygen atoms in total. The molecule has 2 rings (SSSR count). The minimum absolute atomic E-state index is 0.0868. The van der Waals surface area contributed by atoms with Crippen molar-refractivity contribution in [3.63, 3.8) is 0 Å². The SMILES string of the molecule is COc1ccc(S(=O)(=O)NCC(=O)Nc2ccccc2C(C)(C)C)cc1C. The zero-order valence-electron chi connectivity index (χ0n) is 16.3. The van der Waals surface area contributed by atoms with Crippen LogP contribution < -0.4 is 14.8 Å². The fraction of sp³-hybridized carbons (Fsp3) is 0.350. The number of methoxy groups -OCH3 is 1. The lowest BCUT2D eigenvalue weighted by atomic mass is 9.86. The largest absolute Gasteiger partial charge is 0.496 e. The van der Waals surface area contributed by atoms with E-state index in [4.69, 9.17) is 4.74 Å². The molecule has 2 N–H and O–H groups in total. The van der Waals surface area contributed by atoms with Gasteiger partial charge < -0.3 is 10.1 Å². The number of rotatable bonds is 6. The molecular weight excluding hydrogens is 364 g/mol. The highest BCUT2D eigenvalue weighted by Gasteiger charge is 2.20. The summed E-state index contributed by atoms with van der Waals surface area (Å²) in [5.74, 6) is 0.172. The van der Waals surface area contributed by atoms with E-state index < -0.39 is 15.9 Å². The van der Waals surface area contributed by atoms with E-state index in [0.717, 1.165) is 5.56 Å². The molecule has 0 unspecified atom stereocenters. The summed E-state index contributed by atoms with van der Waals surface area (Å²) >= 11 is 0. The number of carbonyl (C=O) groups excluding carboxylic acids is 1. The van der Waals surface area contributed by atoms with Crippen LogP contribution in [0.25, 0.3) is 0 Å². The van der Waals surface area contributed by atoms with Gasteiger partial charge in [0.05, 0.1) is 18.6 Å². The Kier molecular flexibility index (Phi) is 6.28. The normalized spacial score (nSPS) is 11.9. The molecule has 0 aliphatic rings. The van der Waals surface area contributed by atoms with Gasteiger partial charge in [-0.15, -0.1) is 0 Å². The summed E-state index contributed by atoms with van der Waals surface area (Å²) in [6.45, 7) is 7.55. The predicted octanol–water partition coefficient (Wildman–Crippen LogP) is 3.22. The molecule has 0 saturated heterocycles. The van der Waals surface area contributed by atoms with Gasteiger partial charge in [-0.05, 0) is 47.7 Å². The number of para-hydroxylation sites is 1. The topological polar surface area (TPSA) is 84.5 Å². The third-order valence-electron chi connectivity index (χ3n) is 4.11.